The Morgan fingerprint density at radius 3 is 2.76 bits per heavy atom. The van der Waals surface area contributed by atoms with Crippen molar-refractivity contribution in [1.29, 1.82) is 0 Å². The SMILES string of the molecule is CNC(C)c1ccc(OCC2CCC2)c(F)c1. The fraction of sp³-hybridized carbons (Fsp3) is 0.571. The number of rotatable bonds is 5. The Labute approximate surface area is 102 Å². The molecule has 1 aromatic rings. The second kappa shape index (κ2) is 5.50. The van der Waals surface area contributed by atoms with Crippen molar-refractivity contribution >= 4 is 0 Å². The molecule has 94 valence electrons. The normalized spacial score (nSPS) is 17.6. The van der Waals surface area contributed by atoms with Gasteiger partial charge in [-0.05, 0) is 50.4 Å². The Hall–Kier alpha value is -1.09. The summed E-state index contributed by atoms with van der Waals surface area (Å²) in [4.78, 5) is 0. The number of hydrogen-bond donors (Lipinski definition) is 1. The van der Waals surface area contributed by atoms with Crippen LogP contribution in [0.1, 0.15) is 37.8 Å². The molecule has 0 bridgehead atoms. The molecule has 0 saturated heterocycles. The minimum atomic E-state index is -0.260. The Bertz CT molecular complexity index is 376. The van der Waals surface area contributed by atoms with Crippen LogP contribution in [0.25, 0.3) is 0 Å². The van der Waals surface area contributed by atoms with Crippen LogP contribution in [0.4, 0.5) is 4.39 Å². The molecule has 0 aromatic heterocycles. The summed E-state index contributed by atoms with van der Waals surface area (Å²) in [6, 6.07) is 5.36. The van der Waals surface area contributed by atoms with E-state index in [1.54, 1.807) is 12.1 Å². The molecule has 1 saturated carbocycles. The van der Waals surface area contributed by atoms with Crippen molar-refractivity contribution in [2.75, 3.05) is 13.7 Å². The lowest BCUT2D eigenvalue weighted by molar-refractivity contribution is 0.175. The van der Waals surface area contributed by atoms with Gasteiger partial charge in [0.15, 0.2) is 11.6 Å². The van der Waals surface area contributed by atoms with Crippen molar-refractivity contribution in [3.63, 3.8) is 0 Å². The summed E-state index contributed by atoms with van der Waals surface area (Å²) in [7, 11) is 1.86. The van der Waals surface area contributed by atoms with Crippen LogP contribution in [-0.4, -0.2) is 13.7 Å². The second-order valence-corrected chi connectivity index (χ2v) is 4.81. The lowest BCUT2D eigenvalue weighted by atomic mass is 9.86. The minimum Gasteiger partial charge on any atom is -0.490 e. The van der Waals surface area contributed by atoms with Gasteiger partial charge in [-0.3, -0.25) is 0 Å². The highest BCUT2D eigenvalue weighted by molar-refractivity contribution is 5.30. The van der Waals surface area contributed by atoms with E-state index in [-0.39, 0.29) is 11.9 Å². The molecule has 0 heterocycles. The zero-order valence-corrected chi connectivity index (χ0v) is 10.5. The topological polar surface area (TPSA) is 21.3 Å². The maximum atomic E-state index is 13.8. The third-order valence-corrected chi connectivity index (χ3v) is 3.59. The average molecular weight is 237 g/mol. The molecule has 0 spiro atoms. The summed E-state index contributed by atoms with van der Waals surface area (Å²) in [6.07, 6.45) is 3.72. The summed E-state index contributed by atoms with van der Waals surface area (Å²) >= 11 is 0. The van der Waals surface area contributed by atoms with Gasteiger partial charge >= 0.3 is 0 Å². The monoisotopic (exact) mass is 237 g/mol. The zero-order valence-electron chi connectivity index (χ0n) is 10.5. The minimum absolute atomic E-state index is 0.158. The van der Waals surface area contributed by atoms with Crippen LogP contribution in [-0.2, 0) is 0 Å². The predicted molar refractivity (Wildman–Crippen MR) is 66.7 cm³/mol. The molecule has 1 aromatic carbocycles. The van der Waals surface area contributed by atoms with Gasteiger partial charge in [0.05, 0.1) is 6.61 Å². The molecule has 0 aliphatic heterocycles. The molecule has 2 rings (SSSR count). The number of halogens is 1. The molecule has 1 N–H and O–H groups in total. The first-order chi connectivity index (χ1) is 8.20. The van der Waals surface area contributed by atoms with Gasteiger partial charge in [-0.2, -0.15) is 0 Å². The van der Waals surface area contributed by atoms with Gasteiger partial charge in [0.2, 0.25) is 0 Å². The quantitative estimate of drug-likeness (QED) is 0.848. The first-order valence-corrected chi connectivity index (χ1v) is 6.30. The van der Waals surface area contributed by atoms with Crippen LogP contribution >= 0.6 is 0 Å². The molecule has 2 nitrogen and oxygen atoms in total. The predicted octanol–water partition coefficient (Wildman–Crippen LogP) is 3.29. The highest BCUT2D eigenvalue weighted by atomic mass is 19.1. The van der Waals surface area contributed by atoms with Crippen molar-refractivity contribution in [3.05, 3.63) is 29.6 Å². The molecule has 1 fully saturated rings. The van der Waals surface area contributed by atoms with E-state index in [2.05, 4.69) is 5.32 Å². The van der Waals surface area contributed by atoms with Gasteiger partial charge in [0, 0.05) is 6.04 Å². The van der Waals surface area contributed by atoms with Crippen molar-refractivity contribution in [2.45, 2.75) is 32.2 Å². The van der Waals surface area contributed by atoms with Gasteiger partial charge in [0.1, 0.15) is 0 Å². The van der Waals surface area contributed by atoms with Gasteiger partial charge in [-0.15, -0.1) is 0 Å². The van der Waals surface area contributed by atoms with Crippen LogP contribution < -0.4 is 10.1 Å². The van der Waals surface area contributed by atoms with Gasteiger partial charge in [-0.1, -0.05) is 12.5 Å². The van der Waals surface area contributed by atoms with E-state index < -0.39 is 0 Å². The van der Waals surface area contributed by atoms with E-state index in [4.69, 9.17) is 4.74 Å². The first-order valence-electron chi connectivity index (χ1n) is 6.30. The summed E-state index contributed by atoms with van der Waals surface area (Å²) in [6.45, 7) is 2.65. The average Bonchev–Trinajstić information content (AvgIpc) is 2.28. The highest BCUT2D eigenvalue weighted by Crippen LogP contribution is 2.28. The number of hydrogen-bond acceptors (Lipinski definition) is 2. The van der Waals surface area contributed by atoms with Crippen LogP contribution in [0, 0.1) is 11.7 Å². The van der Waals surface area contributed by atoms with Crippen molar-refractivity contribution in [2.24, 2.45) is 5.92 Å². The van der Waals surface area contributed by atoms with E-state index in [1.807, 2.05) is 20.0 Å². The van der Waals surface area contributed by atoms with Gasteiger partial charge < -0.3 is 10.1 Å². The van der Waals surface area contributed by atoms with Gasteiger partial charge in [-0.25, -0.2) is 4.39 Å². The van der Waals surface area contributed by atoms with Crippen LogP contribution in [0.5, 0.6) is 5.75 Å². The molecule has 1 aliphatic carbocycles. The number of ether oxygens (including phenoxy) is 1. The Morgan fingerprint density at radius 1 is 1.47 bits per heavy atom. The second-order valence-electron chi connectivity index (χ2n) is 4.81. The number of benzene rings is 1. The molecular formula is C14H20FNO. The van der Waals surface area contributed by atoms with Crippen LogP contribution in [0.2, 0.25) is 0 Å². The lowest BCUT2D eigenvalue weighted by Gasteiger charge is -2.25. The summed E-state index contributed by atoms with van der Waals surface area (Å²) in [5.41, 5.74) is 0.945. The molecule has 3 heteroatoms. The van der Waals surface area contributed by atoms with Gasteiger partial charge in [0.25, 0.3) is 0 Å². The third-order valence-electron chi connectivity index (χ3n) is 3.59. The van der Waals surface area contributed by atoms with Crippen LogP contribution in [0.3, 0.4) is 0 Å². The standard InChI is InChI=1S/C14H20FNO/c1-10(16-2)12-6-7-14(13(15)8-12)17-9-11-4-3-5-11/h6-8,10-11,16H,3-5,9H2,1-2H3. The lowest BCUT2D eigenvalue weighted by Crippen LogP contribution is -2.19. The number of nitrogens with one attached hydrogen (secondary N) is 1. The zero-order chi connectivity index (χ0) is 12.3. The van der Waals surface area contributed by atoms with Crippen LogP contribution in [0.15, 0.2) is 18.2 Å². The highest BCUT2D eigenvalue weighted by Gasteiger charge is 2.18. The Kier molecular flexibility index (Phi) is 4.00. The van der Waals surface area contributed by atoms with E-state index in [1.165, 1.54) is 19.3 Å². The Balaban J connectivity index is 1.97. The van der Waals surface area contributed by atoms with Crippen molar-refractivity contribution in [3.8, 4) is 5.75 Å². The smallest absolute Gasteiger partial charge is 0.165 e. The first kappa shape index (κ1) is 12.4. The maximum absolute atomic E-state index is 13.8. The summed E-state index contributed by atoms with van der Waals surface area (Å²) < 4.78 is 19.3. The molecule has 1 aliphatic rings. The molecule has 17 heavy (non-hydrogen) atoms. The van der Waals surface area contributed by atoms with Crippen molar-refractivity contribution in [1.82, 2.24) is 5.32 Å². The molecule has 1 atom stereocenters. The Morgan fingerprint density at radius 2 is 2.24 bits per heavy atom. The largest absolute Gasteiger partial charge is 0.490 e. The fourth-order valence-corrected chi connectivity index (χ4v) is 1.94. The summed E-state index contributed by atoms with van der Waals surface area (Å²) in [5.74, 6) is 0.748. The fourth-order valence-electron chi connectivity index (χ4n) is 1.94. The van der Waals surface area contributed by atoms with Crippen molar-refractivity contribution < 1.29 is 9.13 Å². The van der Waals surface area contributed by atoms with E-state index in [0.29, 0.717) is 18.3 Å². The molecule has 0 radical (unpaired) electrons. The molecule has 0 amide bonds. The summed E-state index contributed by atoms with van der Waals surface area (Å²) in [5, 5.41) is 3.09. The third kappa shape index (κ3) is 2.97. The maximum Gasteiger partial charge on any atom is 0.165 e. The van der Waals surface area contributed by atoms with E-state index in [9.17, 15) is 4.39 Å². The van der Waals surface area contributed by atoms with E-state index >= 15 is 0 Å². The molecular weight excluding hydrogens is 217 g/mol. The van der Waals surface area contributed by atoms with E-state index in [0.717, 1.165) is 5.56 Å². The molecule has 1 unspecified atom stereocenters.